The minimum absolute atomic E-state index is 0.363. The Morgan fingerprint density at radius 3 is 2.38 bits per heavy atom. The largest absolute Gasteiger partial charge is 0.373 e. The quantitative estimate of drug-likeness (QED) is 0.544. The summed E-state index contributed by atoms with van der Waals surface area (Å²) in [6.45, 7) is 12.9. The highest BCUT2D eigenvalue weighted by Gasteiger charge is 2.41. The molecule has 3 saturated heterocycles. The zero-order valence-electron chi connectivity index (χ0n) is 18.1. The molecule has 4 rings (SSSR count). The maximum atomic E-state index is 5.96. The van der Waals surface area contributed by atoms with Crippen LogP contribution < -0.4 is 10.6 Å². The van der Waals surface area contributed by atoms with E-state index in [1.165, 1.54) is 56.7 Å². The Morgan fingerprint density at radius 1 is 1.03 bits per heavy atom. The average Bonchev–Trinajstić information content (AvgIpc) is 3.37. The van der Waals surface area contributed by atoms with Crippen LogP contribution in [0.2, 0.25) is 0 Å². The van der Waals surface area contributed by atoms with Crippen molar-refractivity contribution in [2.24, 2.45) is 4.99 Å². The van der Waals surface area contributed by atoms with Crippen LogP contribution in [0.25, 0.3) is 0 Å². The number of piperazine rings is 1. The third-order valence-corrected chi connectivity index (χ3v) is 6.53. The summed E-state index contributed by atoms with van der Waals surface area (Å²) in [6, 6.07) is 9.39. The van der Waals surface area contributed by atoms with Crippen LogP contribution in [0.15, 0.2) is 29.3 Å². The van der Waals surface area contributed by atoms with Crippen LogP contribution in [-0.4, -0.2) is 73.3 Å². The van der Waals surface area contributed by atoms with E-state index in [1.807, 2.05) is 0 Å². The molecule has 3 aliphatic rings. The van der Waals surface area contributed by atoms with E-state index in [2.05, 4.69) is 58.5 Å². The Labute approximate surface area is 175 Å². The third-order valence-electron chi connectivity index (χ3n) is 6.53. The van der Waals surface area contributed by atoms with Crippen LogP contribution in [0.4, 0.5) is 0 Å². The van der Waals surface area contributed by atoms with Crippen LogP contribution in [0.3, 0.4) is 0 Å². The summed E-state index contributed by atoms with van der Waals surface area (Å²) in [4.78, 5) is 9.90. The molecule has 2 N–H and O–H groups in total. The smallest absolute Gasteiger partial charge is 0.191 e. The molecule has 0 amide bonds. The fourth-order valence-electron chi connectivity index (χ4n) is 4.73. The molecule has 0 saturated carbocycles. The monoisotopic (exact) mass is 399 g/mol. The lowest BCUT2D eigenvalue weighted by molar-refractivity contribution is 0.0992. The van der Waals surface area contributed by atoms with E-state index >= 15 is 0 Å². The van der Waals surface area contributed by atoms with Crippen LogP contribution in [0.1, 0.15) is 44.2 Å². The third kappa shape index (κ3) is 5.50. The number of likely N-dealkylation sites (N-methyl/N-ethyl adjacent to an activating group) is 1. The highest BCUT2D eigenvalue weighted by Crippen LogP contribution is 2.34. The normalized spacial score (nSPS) is 28.1. The van der Waals surface area contributed by atoms with E-state index in [-0.39, 0.29) is 0 Å². The number of guanidine groups is 1. The van der Waals surface area contributed by atoms with Crippen LogP contribution in [0, 0.1) is 0 Å². The summed E-state index contributed by atoms with van der Waals surface area (Å²) in [5, 5.41) is 6.98. The molecule has 0 spiro atoms. The predicted octanol–water partition coefficient (Wildman–Crippen LogP) is 2.20. The van der Waals surface area contributed by atoms with Crippen molar-refractivity contribution in [2.45, 2.75) is 64.4 Å². The van der Waals surface area contributed by atoms with Crippen molar-refractivity contribution in [1.82, 2.24) is 20.4 Å². The number of hydrogen-bond donors (Lipinski definition) is 2. The second-order valence-corrected chi connectivity index (χ2v) is 8.58. The van der Waals surface area contributed by atoms with E-state index < -0.39 is 0 Å². The van der Waals surface area contributed by atoms with Crippen molar-refractivity contribution in [3.8, 4) is 0 Å². The van der Waals surface area contributed by atoms with Gasteiger partial charge >= 0.3 is 0 Å². The summed E-state index contributed by atoms with van der Waals surface area (Å²) in [7, 11) is 0. The summed E-state index contributed by atoms with van der Waals surface area (Å²) >= 11 is 0. The predicted molar refractivity (Wildman–Crippen MR) is 118 cm³/mol. The summed E-state index contributed by atoms with van der Waals surface area (Å²) in [5.74, 6) is 0.909. The SMILES string of the molecule is CCNC(=NCc1ccc(CN2CCN(CC)CC2)cc1)NC1CC2CCC1O2. The zero-order valence-corrected chi connectivity index (χ0v) is 18.1. The molecule has 3 fully saturated rings. The number of rotatable bonds is 7. The summed E-state index contributed by atoms with van der Waals surface area (Å²) < 4.78 is 5.96. The van der Waals surface area contributed by atoms with Gasteiger partial charge in [0.1, 0.15) is 0 Å². The van der Waals surface area contributed by atoms with Gasteiger partial charge in [-0.2, -0.15) is 0 Å². The van der Waals surface area contributed by atoms with Crippen LogP contribution in [-0.2, 0) is 17.8 Å². The number of benzene rings is 1. The Morgan fingerprint density at radius 2 is 1.76 bits per heavy atom. The van der Waals surface area contributed by atoms with Crippen molar-refractivity contribution in [1.29, 1.82) is 0 Å². The number of nitrogens with zero attached hydrogens (tertiary/aromatic N) is 3. The zero-order chi connectivity index (χ0) is 20.1. The average molecular weight is 400 g/mol. The Hall–Kier alpha value is -1.63. The topological polar surface area (TPSA) is 52.1 Å². The van der Waals surface area contributed by atoms with Gasteiger partial charge < -0.3 is 20.3 Å². The molecule has 0 aliphatic carbocycles. The van der Waals surface area contributed by atoms with Crippen molar-refractivity contribution < 1.29 is 4.74 Å². The molecule has 0 aromatic heterocycles. The number of hydrogen-bond acceptors (Lipinski definition) is 4. The van der Waals surface area contributed by atoms with E-state index in [4.69, 9.17) is 9.73 Å². The van der Waals surface area contributed by atoms with Crippen molar-refractivity contribution in [2.75, 3.05) is 39.3 Å². The Balaban J connectivity index is 1.27. The fraction of sp³-hybridized carbons (Fsp3) is 0.696. The van der Waals surface area contributed by atoms with E-state index in [0.29, 0.717) is 24.8 Å². The Kier molecular flexibility index (Phi) is 7.06. The van der Waals surface area contributed by atoms with Gasteiger partial charge in [-0.25, -0.2) is 4.99 Å². The van der Waals surface area contributed by atoms with Gasteiger partial charge in [-0.3, -0.25) is 4.90 Å². The first-order valence-corrected chi connectivity index (χ1v) is 11.5. The molecule has 3 heterocycles. The number of fused-ring (bicyclic) bond motifs is 2. The van der Waals surface area contributed by atoms with Gasteiger partial charge in [0.15, 0.2) is 5.96 Å². The molecular formula is C23H37N5O. The first-order valence-electron chi connectivity index (χ1n) is 11.5. The summed E-state index contributed by atoms with van der Waals surface area (Å²) in [5.41, 5.74) is 2.65. The standard InChI is InChI=1S/C23H37N5O/c1-3-24-23(26-21-15-20-9-10-22(21)29-20)25-16-18-5-7-19(8-6-18)17-28-13-11-27(4-2)12-14-28/h5-8,20-22H,3-4,9-17H2,1-2H3,(H2,24,25,26). The summed E-state index contributed by atoms with van der Waals surface area (Å²) in [6.07, 6.45) is 4.32. The van der Waals surface area contributed by atoms with Gasteiger partial charge in [-0.1, -0.05) is 31.2 Å². The first-order chi connectivity index (χ1) is 14.2. The van der Waals surface area contributed by atoms with Gasteiger partial charge in [0.05, 0.1) is 24.8 Å². The molecule has 0 radical (unpaired) electrons. The molecule has 6 heteroatoms. The molecule has 6 nitrogen and oxygen atoms in total. The highest BCUT2D eigenvalue weighted by atomic mass is 16.5. The molecule has 2 bridgehead atoms. The fourth-order valence-corrected chi connectivity index (χ4v) is 4.73. The highest BCUT2D eigenvalue weighted by molar-refractivity contribution is 5.80. The molecule has 3 unspecified atom stereocenters. The number of ether oxygens (including phenoxy) is 1. The van der Waals surface area contributed by atoms with Gasteiger partial charge in [-0.05, 0) is 43.9 Å². The minimum Gasteiger partial charge on any atom is -0.373 e. The van der Waals surface area contributed by atoms with Gasteiger partial charge in [0.25, 0.3) is 0 Å². The lowest BCUT2D eigenvalue weighted by Gasteiger charge is -2.34. The minimum atomic E-state index is 0.363. The lowest BCUT2D eigenvalue weighted by Crippen LogP contribution is -2.47. The Bertz CT molecular complexity index is 668. The van der Waals surface area contributed by atoms with E-state index in [1.54, 1.807) is 0 Å². The molecule has 1 aromatic carbocycles. The van der Waals surface area contributed by atoms with E-state index in [0.717, 1.165) is 25.5 Å². The second-order valence-electron chi connectivity index (χ2n) is 8.58. The van der Waals surface area contributed by atoms with Crippen LogP contribution in [0.5, 0.6) is 0 Å². The molecular weight excluding hydrogens is 362 g/mol. The van der Waals surface area contributed by atoms with Crippen molar-refractivity contribution >= 4 is 5.96 Å². The molecule has 3 atom stereocenters. The molecule has 29 heavy (non-hydrogen) atoms. The van der Waals surface area contributed by atoms with Gasteiger partial charge in [0, 0.05) is 39.3 Å². The molecule has 160 valence electrons. The first kappa shape index (κ1) is 20.6. The number of nitrogens with one attached hydrogen (secondary N) is 2. The molecule has 1 aromatic rings. The van der Waals surface area contributed by atoms with Crippen molar-refractivity contribution in [3.05, 3.63) is 35.4 Å². The second kappa shape index (κ2) is 9.92. The number of aliphatic imine (C=N–C) groups is 1. The van der Waals surface area contributed by atoms with E-state index in [9.17, 15) is 0 Å². The maximum absolute atomic E-state index is 5.96. The van der Waals surface area contributed by atoms with Crippen LogP contribution >= 0.6 is 0 Å². The van der Waals surface area contributed by atoms with Gasteiger partial charge in [0.2, 0.25) is 0 Å². The maximum Gasteiger partial charge on any atom is 0.191 e. The molecule has 3 aliphatic heterocycles. The lowest BCUT2D eigenvalue weighted by atomic mass is 9.96. The van der Waals surface area contributed by atoms with Gasteiger partial charge in [-0.15, -0.1) is 0 Å². The van der Waals surface area contributed by atoms with Crippen molar-refractivity contribution in [3.63, 3.8) is 0 Å².